The minimum absolute atomic E-state index is 0.159. The Morgan fingerprint density at radius 2 is 2.15 bits per heavy atom. The molecule has 0 N–H and O–H groups in total. The van der Waals surface area contributed by atoms with Gasteiger partial charge < -0.3 is 9.47 Å². The van der Waals surface area contributed by atoms with E-state index in [0.717, 1.165) is 25.0 Å². The van der Waals surface area contributed by atoms with Crippen molar-refractivity contribution in [3.8, 4) is 0 Å². The maximum absolute atomic E-state index is 5.60. The predicted molar refractivity (Wildman–Crippen MR) is 51.4 cm³/mol. The van der Waals surface area contributed by atoms with Gasteiger partial charge in [-0.2, -0.15) is 0 Å². The molecule has 2 aliphatic heterocycles. The van der Waals surface area contributed by atoms with E-state index >= 15 is 0 Å². The summed E-state index contributed by atoms with van der Waals surface area (Å²) in [5.74, 6) is 1.51. The molecular formula is C11H20O2. The fourth-order valence-corrected chi connectivity index (χ4v) is 2.51. The molecule has 2 fully saturated rings. The normalized spacial score (nSPS) is 38.1. The van der Waals surface area contributed by atoms with Crippen molar-refractivity contribution in [3.63, 3.8) is 0 Å². The molecule has 13 heavy (non-hydrogen) atoms. The average molecular weight is 184 g/mol. The maximum Gasteiger partial charge on any atom is 0.160 e. The zero-order chi connectivity index (χ0) is 9.10. The van der Waals surface area contributed by atoms with E-state index in [-0.39, 0.29) is 6.29 Å². The molecule has 0 radical (unpaired) electrons. The fourth-order valence-electron chi connectivity index (χ4n) is 2.51. The predicted octanol–water partition coefficient (Wildman–Crippen LogP) is 2.58. The summed E-state index contributed by atoms with van der Waals surface area (Å²) in [5, 5.41) is 0. The Labute approximate surface area is 80.6 Å². The van der Waals surface area contributed by atoms with E-state index in [1.807, 2.05) is 0 Å². The summed E-state index contributed by atoms with van der Waals surface area (Å²) in [6.45, 7) is 4.12. The second kappa shape index (κ2) is 4.43. The quantitative estimate of drug-likeness (QED) is 0.625. The summed E-state index contributed by atoms with van der Waals surface area (Å²) in [7, 11) is 0. The second-order valence-corrected chi connectivity index (χ2v) is 4.28. The summed E-state index contributed by atoms with van der Waals surface area (Å²) in [5.41, 5.74) is 0. The standard InChI is InChI=1S/C11H20O2/c1-2-3-4-5-9-8-13-11-10(9)6-7-12-11/h9-11H,2-8H2,1H3/t9-,10-,11+/m0/s1. The van der Waals surface area contributed by atoms with Gasteiger partial charge in [0.05, 0.1) is 13.2 Å². The van der Waals surface area contributed by atoms with Crippen LogP contribution in [0.3, 0.4) is 0 Å². The van der Waals surface area contributed by atoms with Crippen LogP contribution < -0.4 is 0 Å². The smallest absolute Gasteiger partial charge is 0.160 e. The first-order valence-electron chi connectivity index (χ1n) is 5.65. The Morgan fingerprint density at radius 1 is 1.23 bits per heavy atom. The summed E-state index contributed by atoms with van der Waals surface area (Å²) < 4.78 is 11.1. The molecule has 0 spiro atoms. The van der Waals surface area contributed by atoms with Gasteiger partial charge in [0.25, 0.3) is 0 Å². The SMILES string of the molecule is CCCCC[C@H]1CO[C@H]2OCC[C@@H]12. The molecule has 0 aromatic heterocycles. The molecule has 0 aromatic carbocycles. The molecule has 0 saturated carbocycles. The Morgan fingerprint density at radius 3 is 3.00 bits per heavy atom. The molecule has 2 nitrogen and oxygen atoms in total. The van der Waals surface area contributed by atoms with Crippen molar-refractivity contribution in [2.75, 3.05) is 13.2 Å². The van der Waals surface area contributed by atoms with Gasteiger partial charge in [0, 0.05) is 5.92 Å². The number of ether oxygens (including phenoxy) is 2. The Hall–Kier alpha value is -0.0800. The number of hydrogen-bond donors (Lipinski definition) is 0. The van der Waals surface area contributed by atoms with Crippen LogP contribution in [-0.4, -0.2) is 19.5 Å². The van der Waals surface area contributed by atoms with E-state index in [2.05, 4.69) is 6.92 Å². The Kier molecular flexibility index (Phi) is 3.23. The highest BCUT2D eigenvalue weighted by atomic mass is 16.7. The molecule has 0 unspecified atom stereocenters. The molecule has 2 rings (SSSR count). The van der Waals surface area contributed by atoms with Crippen LogP contribution in [0.25, 0.3) is 0 Å². The summed E-state index contributed by atoms with van der Waals surface area (Å²) >= 11 is 0. The van der Waals surface area contributed by atoms with Crippen LogP contribution in [0, 0.1) is 11.8 Å². The van der Waals surface area contributed by atoms with Crippen LogP contribution in [-0.2, 0) is 9.47 Å². The largest absolute Gasteiger partial charge is 0.352 e. The zero-order valence-corrected chi connectivity index (χ0v) is 8.50. The van der Waals surface area contributed by atoms with Crippen molar-refractivity contribution in [2.24, 2.45) is 11.8 Å². The van der Waals surface area contributed by atoms with Gasteiger partial charge in [-0.3, -0.25) is 0 Å². The van der Waals surface area contributed by atoms with Gasteiger partial charge in [-0.25, -0.2) is 0 Å². The van der Waals surface area contributed by atoms with Gasteiger partial charge in [0.1, 0.15) is 0 Å². The lowest BCUT2D eigenvalue weighted by atomic mass is 9.89. The van der Waals surface area contributed by atoms with Gasteiger partial charge in [0.2, 0.25) is 0 Å². The lowest BCUT2D eigenvalue weighted by Gasteiger charge is -2.13. The van der Waals surface area contributed by atoms with Gasteiger partial charge in [-0.05, 0) is 18.8 Å². The minimum Gasteiger partial charge on any atom is -0.352 e. The monoisotopic (exact) mass is 184 g/mol. The van der Waals surface area contributed by atoms with Gasteiger partial charge in [-0.1, -0.05) is 26.2 Å². The van der Waals surface area contributed by atoms with E-state index < -0.39 is 0 Å². The van der Waals surface area contributed by atoms with E-state index in [0.29, 0.717) is 0 Å². The van der Waals surface area contributed by atoms with Gasteiger partial charge in [-0.15, -0.1) is 0 Å². The molecule has 2 saturated heterocycles. The molecule has 0 amide bonds. The van der Waals surface area contributed by atoms with Crippen molar-refractivity contribution in [1.82, 2.24) is 0 Å². The van der Waals surface area contributed by atoms with Crippen molar-refractivity contribution < 1.29 is 9.47 Å². The zero-order valence-electron chi connectivity index (χ0n) is 8.50. The highest BCUT2D eigenvalue weighted by molar-refractivity contribution is 4.82. The van der Waals surface area contributed by atoms with Crippen molar-refractivity contribution in [2.45, 2.75) is 45.3 Å². The van der Waals surface area contributed by atoms with Crippen LogP contribution in [0.5, 0.6) is 0 Å². The molecule has 76 valence electrons. The Bertz CT molecular complexity index is 158. The average Bonchev–Trinajstić information content (AvgIpc) is 2.68. The van der Waals surface area contributed by atoms with Crippen LogP contribution in [0.15, 0.2) is 0 Å². The van der Waals surface area contributed by atoms with Crippen LogP contribution in [0.1, 0.15) is 39.0 Å². The lowest BCUT2D eigenvalue weighted by molar-refractivity contribution is -0.0905. The molecular weight excluding hydrogens is 164 g/mol. The second-order valence-electron chi connectivity index (χ2n) is 4.28. The summed E-state index contributed by atoms with van der Waals surface area (Å²) in [6, 6.07) is 0. The number of unbranched alkanes of at least 4 members (excludes halogenated alkanes) is 2. The highest BCUT2D eigenvalue weighted by Gasteiger charge is 2.40. The molecule has 2 heteroatoms. The summed E-state index contributed by atoms with van der Waals surface area (Å²) in [6.07, 6.45) is 6.78. The molecule has 0 bridgehead atoms. The van der Waals surface area contributed by atoms with Crippen LogP contribution in [0.4, 0.5) is 0 Å². The minimum atomic E-state index is 0.159. The van der Waals surface area contributed by atoms with Crippen molar-refractivity contribution in [1.29, 1.82) is 0 Å². The first kappa shape index (κ1) is 9.47. The Balaban J connectivity index is 1.74. The number of fused-ring (bicyclic) bond motifs is 1. The van der Waals surface area contributed by atoms with E-state index in [1.54, 1.807) is 0 Å². The van der Waals surface area contributed by atoms with Gasteiger partial charge in [0.15, 0.2) is 6.29 Å². The van der Waals surface area contributed by atoms with E-state index in [4.69, 9.17) is 9.47 Å². The molecule has 3 atom stereocenters. The third-order valence-electron chi connectivity index (χ3n) is 3.34. The number of hydrogen-bond acceptors (Lipinski definition) is 2. The molecule has 2 aliphatic rings. The van der Waals surface area contributed by atoms with E-state index in [9.17, 15) is 0 Å². The highest BCUT2D eigenvalue weighted by Crippen LogP contribution is 2.37. The van der Waals surface area contributed by atoms with Crippen molar-refractivity contribution in [3.05, 3.63) is 0 Å². The first-order valence-corrected chi connectivity index (χ1v) is 5.65. The molecule has 0 aromatic rings. The van der Waals surface area contributed by atoms with Gasteiger partial charge >= 0.3 is 0 Å². The topological polar surface area (TPSA) is 18.5 Å². The maximum atomic E-state index is 5.60. The fraction of sp³-hybridized carbons (Fsp3) is 1.00. The first-order chi connectivity index (χ1) is 6.42. The van der Waals surface area contributed by atoms with Crippen LogP contribution >= 0.6 is 0 Å². The molecule has 0 aliphatic carbocycles. The third kappa shape index (κ3) is 2.05. The third-order valence-corrected chi connectivity index (χ3v) is 3.34. The van der Waals surface area contributed by atoms with Crippen LogP contribution in [0.2, 0.25) is 0 Å². The van der Waals surface area contributed by atoms with E-state index in [1.165, 1.54) is 32.1 Å². The lowest BCUT2D eigenvalue weighted by Crippen LogP contribution is -2.14. The number of rotatable bonds is 4. The van der Waals surface area contributed by atoms with Crippen molar-refractivity contribution >= 4 is 0 Å². The summed E-state index contributed by atoms with van der Waals surface area (Å²) in [4.78, 5) is 0. The molecule has 2 heterocycles.